The second-order valence-electron chi connectivity index (χ2n) is 5.75. The normalized spacial score (nSPS) is 12.2. The van der Waals surface area contributed by atoms with Gasteiger partial charge in [0.2, 0.25) is 0 Å². The lowest BCUT2D eigenvalue weighted by molar-refractivity contribution is -0.122. The van der Waals surface area contributed by atoms with Gasteiger partial charge in [-0.2, -0.15) is 0 Å². The van der Waals surface area contributed by atoms with Crippen molar-refractivity contribution in [3.05, 3.63) is 51.0 Å². The summed E-state index contributed by atoms with van der Waals surface area (Å²) < 4.78 is 7.79. The first-order chi connectivity index (χ1) is 11.8. The number of benzene rings is 2. The number of nitrogens with zero attached hydrogens (tertiary/aromatic N) is 1. The highest BCUT2D eigenvalue weighted by molar-refractivity contribution is 9.10. The number of nitrogens with one attached hydrogen (secondary N) is 1. The molecule has 2 aromatic carbocycles. The van der Waals surface area contributed by atoms with Crippen LogP contribution in [0.25, 0.3) is 10.2 Å². The van der Waals surface area contributed by atoms with Crippen molar-refractivity contribution in [3.8, 4) is 5.75 Å². The van der Waals surface area contributed by atoms with Crippen LogP contribution in [0.1, 0.15) is 18.1 Å². The number of ether oxygens (including phenoxy) is 1. The van der Waals surface area contributed by atoms with Crippen LogP contribution in [0, 0.1) is 13.8 Å². The van der Waals surface area contributed by atoms with Crippen molar-refractivity contribution < 1.29 is 9.53 Å². The van der Waals surface area contributed by atoms with E-state index < -0.39 is 6.10 Å². The van der Waals surface area contributed by atoms with Crippen molar-refractivity contribution in [2.24, 2.45) is 0 Å². The lowest BCUT2D eigenvalue weighted by Crippen LogP contribution is -2.30. The van der Waals surface area contributed by atoms with E-state index in [9.17, 15) is 4.79 Å². The second kappa shape index (κ2) is 7.32. The van der Waals surface area contributed by atoms with Gasteiger partial charge in [-0.1, -0.05) is 38.9 Å². The van der Waals surface area contributed by atoms with Crippen molar-refractivity contribution in [1.82, 2.24) is 4.98 Å². The van der Waals surface area contributed by atoms with Crippen molar-refractivity contribution in [1.29, 1.82) is 0 Å². The molecule has 0 aliphatic heterocycles. The average Bonchev–Trinajstić information content (AvgIpc) is 2.91. The molecule has 0 saturated heterocycles. The number of hydrogen-bond donors (Lipinski definition) is 1. The summed E-state index contributed by atoms with van der Waals surface area (Å²) in [6, 6.07) is 9.37. The van der Waals surface area contributed by atoms with Gasteiger partial charge in [0, 0.05) is 9.50 Å². The Morgan fingerprint density at radius 3 is 2.64 bits per heavy atom. The third-order valence-corrected chi connectivity index (χ3v) is 5.30. The maximum atomic E-state index is 12.4. The van der Waals surface area contributed by atoms with E-state index in [1.807, 2.05) is 38.1 Å². The number of rotatable bonds is 4. The molecule has 0 radical (unpaired) electrons. The first-order valence-electron chi connectivity index (χ1n) is 7.64. The Labute approximate surface area is 163 Å². The van der Waals surface area contributed by atoms with E-state index in [-0.39, 0.29) is 5.91 Å². The molecule has 3 rings (SSSR count). The lowest BCUT2D eigenvalue weighted by Gasteiger charge is -2.17. The SMILES string of the molecule is Cc1cc(Br)cc(C)c1OC(C)C(=O)Nc1nc2ccc(Cl)cc2s1. The van der Waals surface area contributed by atoms with Crippen LogP contribution < -0.4 is 10.1 Å². The third-order valence-electron chi connectivity index (χ3n) is 3.67. The van der Waals surface area contributed by atoms with E-state index >= 15 is 0 Å². The van der Waals surface area contributed by atoms with Gasteiger partial charge in [0.1, 0.15) is 5.75 Å². The molecule has 1 heterocycles. The fourth-order valence-electron chi connectivity index (χ4n) is 2.47. The number of halogens is 2. The molecule has 0 aliphatic carbocycles. The van der Waals surface area contributed by atoms with Crippen molar-refractivity contribution in [3.63, 3.8) is 0 Å². The summed E-state index contributed by atoms with van der Waals surface area (Å²) in [4.78, 5) is 16.8. The van der Waals surface area contributed by atoms with Crippen LogP contribution in [0.5, 0.6) is 5.75 Å². The molecule has 1 N–H and O–H groups in total. The molecule has 0 saturated carbocycles. The lowest BCUT2D eigenvalue weighted by atomic mass is 10.1. The van der Waals surface area contributed by atoms with Gasteiger partial charge in [-0.25, -0.2) is 4.98 Å². The number of thiazole rings is 1. The van der Waals surface area contributed by atoms with Crippen LogP contribution in [0.15, 0.2) is 34.8 Å². The van der Waals surface area contributed by atoms with Gasteiger partial charge < -0.3 is 4.74 Å². The van der Waals surface area contributed by atoms with E-state index in [4.69, 9.17) is 16.3 Å². The first-order valence-corrected chi connectivity index (χ1v) is 9.62. The Bertz CT molecular complexity index is 934. The summed E-state index contributed by atoms with van der Waals surface area (Å²) in [6.45, 7) is 5.63. The number of anilines is 1. The van der Waals surface area contributed by atoms with E-state index in [2.05, 4.69) is 26.2 Å². The van der Waals surface area contributed by atoms with E-state index in [0.29, 0.717) is 10.2 Å². The number of carbonyl (C=O) groups excluding carboxylic acids is 1. The molecular formula is C18H16BrClN2O2S. The highest BCUT2D eigenvalue weighted by atomic mass is 79.9. The zero-order valence-corrected chi connectivity index (χ0v) is 17.1. The standard InChI is InChI=1S/C18H16BrClN2O2S/c1-9-6-12(19)7-10(2)16(9)24-11(3)17(23)22-18-21-14-5-4-13(20)8-15(14)25-18/h4-8,11H,1-3H3,(H,21,22,23). The molecule has 0 spiro atoms. The Kier molecular flexibility index (Phi) is 5.32. The zero-order chi connectivity index (χ0) is 18.1. The second-order valence-corrected chi connectivity index (χ2v) is 8.13. The summed E-state index contributed by atoms with van der Waals surface area (Å²) >= 11 is 10.8. The van der Waals surface area contributed by atoms with Crippen LogP contribution in [-0.4, -0.2) is 17.0 Å². The number of aryl methyl sites for hydroxylation is 2. The topological polar surface area (TPSA) is 51.2 Å². The first kappa shape index (κ1) is 18.2. The molecule has 1 amide bonds. The Morgan fingerprint density at radius 1 is 1.28 bits per heavy atom. The third kappa shape index (κ3) is 4.14. The summed E-state index contributed by atoms with van der Waals surface area (Å²) in [7, 11) is 0. The Hall–Kier alpha value is -1.63. The Balaban J connectivity index is 1.74. The molecular weight excluding hydrogens is 424 g/mol. The molecule has 3 aromatic rings. The number of amides is 1. The fraction of sp³-hybridized carbons (Fsp3) is 0.222. The van der Waals surface area contributed by atoms with Crippen molar-refractivity contribution in [2.45, 2.75) is 26.9 Å². The maximum absolute atomic E-state index is 12.4. The number of hydrogen-bond acceptors (Lipinski definition) is 4. The molecule has 0 fully saturated rings. The smallest absolute Gasteiger partial charge is 0.266 e. The predicted molar refractivity (Wildman–Crippen MR) is 107 cm³/mol. The highest BCUT2D eigenvalue weighted by Gasteiger charge is 2.19. The van der Waals surface area contributed by atoms with E-state index in [0.717, 1.165) is 31.6 Å². The summed E-state index contributed by atoms with van der Waals surface area (Å²) in [6.07, 6.45) is -0.644. The van der Waals surface area contributed by atoms with Crippen molar-refractivity contribution in [2.75, 3.05) is 5.32 Å². The summed E-state index contributed by atoms with van der Waals surface area (Å²) in [5.41, 5.74) is 2.75. The fourth-order valence-corrected chi connectivity index (χ4v) is 4.30. The highest BCUT2D eigenvalue weighted by Crippen LogP contribution is 2.30. The van der Waals surface area contributed by atoms with Gasteiger partial charge in [0.05, 0.1) is 10.2 Å². The van der Waals surface area contributed by atoms with Gasteiger partial charge >= 0.3 is 0 Å². The van der Waals surface area contributed by atoms with Gasteiger partial charge in [0.15, 0.2) is 11.2 Å². The molecule has 25 heavy (non-hydrogen) atoms. The largest absolute Gasteiger partial charge is 0.480 e. The van der Waals surface area contributed by atoms with Crippen LogP contribution in [0.2, 0.25) is 5.02 Å². The van der Waals surface area contributed by atoms with E-state index in [1.54, 1.807) is 13.0 Å². The molecule has 130 valence electrons. The van der Waals surface area contributed by atoms with Gasteiger partial charge in [0.25, 0.3) is 5.91 Å². The molecule has 7 heteroatoms. The van der Waals surface area contributed by atoms with Crippen LogP contribution in [0.4, 0.5) is 5.13 Å². The number of fused-ring (bicyclic) bond motifs is 1. The minimum atomic E-state index is -0.644. The maximum Gasteiger partial charge on any atom is 0.266 e. The zero-order valence-electron chi connectivity index (χ0n) is 13.9. The number of aromatic nitrogens is 1. The summed E-state index contributed by atoms with van der Waals surface area (Å²) in [5, 5.41) is 3.99. The quantitative estimate of drug-likeness (QED) is 0.564. The average molecular weight is 440 g/mol. The van der Waals surface area contributed by atoms with Gasteiger partial charge in [-0.05, 0) is 62.2 Å². The monoisotopic (exact) mass is 438 g/mol. The minimum Gasteiger partial charge on any atom is -0.480 e. The van der Waals surface area contributed by atoms with Crippen LogP contribution in [-0.2, 0) is 4.79 Å². The molecule has 4 nitrogen and oxygen atoms in total. The minimum absolute atomic E-state index is 0.244. The van der Waals surface area contributed by atoms with E-state index in [1.165, 1.54) is 11.3 Å². The molecule has 1 aromatic heterocycles. The molecule has 0 aliphatic rings. The molecule has 0 bridgehead atoms. The van der Waals surface area contributed by atoms with Gasteiger partial charge in [-0.3, -0.25) is 10.1 Å². The molecule has 1 unspecified atom stereocenters. The summed E-state index contributed by atoms with van der Waals surface area (Å²) in [5.74, 6) is 0.480. The van der Waals surface area contributed by atoms with Crippen LogP contribution in [0.3, 0.4) is 0 Å². The van der Waals surface area contributed by atoms with Gasteiger partial charge in [-0.15, -0.1) is 0 Å². The molecule has 1 atom stereocenters. The van der Waals surface area contributed by atoms with Crippen LogP contribution >= 0.6 is 38.9 Å². The Morgan fingerprint density at radius 2 is 1.96 bits per heavy atom. The predicted octanol–water partition coefficient (Wildman–Crippen LogP) is 5.74. The number of carbonyl (C=O) groups is 1. The van der Waals surface area contributed by atoms with Crippen molar-refractivity contribution >= 4 is 60.1 Å².